The molecule has 3 aromatic rings. The smallest absolute Gasteiger partial charge is 0.0816 e. The van der Waals surface area contributed by atoms with E-state index in [1.807, 2.05) is 18.3 Å². The van der Waals surface area contributed by atoms with Crippen molar-refractivity contribution in [1.82, 2.24) is 0 Å². The van der Waals surface area contributed by atoms with Crippen molar-refractivity contribution in [1.29, 1.82) is 0 Å². The number of rotatable bonds is 4. The van der Waals surface area contributed by atoms with Crippen molar-refractivity contribution in [3.05, 3.63) is 60.2 Å². The lowest BCUT2D eigenvalue weighted by Crippen LogP contribution is -2.00. The van der Waals surface area contributed by atoms with Crippen molar-refractivity contribution < 1.29 is 4.74 Å². The van der Waals surface area contributed by atoms with Gasteiger partial charge in [-0.25, -0.2) is 0 Å². The van der Waals surface area contributed by atoms with E-state index >= 15 is 0 Å². The molecule has 0 aliphatic rings. The average molecular weight is 282 g/mol. The largest absolute Gasteiger partial charge is 0.374 e. The van der Waals surface area contributed by atoms with Crippen molar-refractivity contribution in [3.8, 4) is 10.4 Å². The highest BCUT2D eigenvalue weighted by atomic mass is 32.1. The highest BCUT2D eigenvalue weighted by Gasteiger charge is 2.18. The summed E-state index contributed by atoms with van der Waals surface area (Å²) in [5.41, 5.74) is 2.59. The van der Waals surface area contributed by atoms with E-state index < -0.39 is 0 Å². The first-order valence-corrected chi connectivity index (χ1v) is 7.81. The molecule has 0 saturated heterocycles. The zero-order chi connectivity index (χ0) is 13.9. The van der Waals surface area contributed by atoms with E-state index in [1.54, 1.807) is 0 Å². The fraction of sp³-hybridized carbons (Fsp3) is 0.222. The van der Waals surface area contributed by atoms with Crippen LogP contribution in [-0.4, -0.2) is 6.61 Å². The number of fused-ring (bicyclic) bond motifs is 1. The van der Waals surface area contributed by atoms with Crippen molar-refractivity contribution >= 4 is 21.4 Å². The van der Waals surface area contributed by atoms with Gasteiger partial charge in [0.1, 0.15) is 0 Å². The Morgan fingerprint density at radius 2 is 1.70 bits per heavy atom. The molecule has 1 unspecified atom stereocenters. The summed E-state index contributed by atoms with van der Waals surface area (Å²) < 4.78 is 7.19. The van der Waals surface area contributed by atoms with Crippen LogP contribution >= 0.6 is 11.3 Å². The van der Waals surface area contributed by atoms with Crippen molar-refractivity contribution in [3.63, 3.8) is 0 Å². The Labute approximate surface area is 123 Å². The van der Waals surface area contributed by atoms with Gasteiger partial charge in [0.15, 0.2) is 0 Å². The Hall–Kier alpha value is -1.64. The standard InChI is InChI=1S/C18H18OS/c1-3-19-13(2)17-15-11-7-8-12-16(15)20-18(17)14-9-5-4-6-10-14/h4-13H,3H2,1-2H3. The van der Waals surface area contributed by atoms with Crippen molar-refractivity contribution in [2.45, 2.75) is 20.0 Å². The van der Waals surface area contributed by atoms with Crippen molar-refractivity contribution in [2.24, 2.45) is 0 Å². The van der Waals surface area contributed by atoms with E-state index in [4.69, 9.17) is 4.74 Å². The number of hydrogen-bond donors (Lipinski definition) is 0. The van der Waals surface area contributed by atoms with Crippen LogP contribution in [0.1, 0.15) is 25.5 Å². The van der Waals surface area contributed by atoms with Gasteiger partial charge in [-0.1, -0.05) is 48.5 Å². The van der Waals surface area contributed by atoms with Gasteiger partial charge in [-0.2, -0.15) is 0 Å². The summed E-state index contributed by atoms with van der Waals surface area (Å²) in [6, 6.07) is 19.2. The van der Waals surface area contributed by atoms with Gasteiger partial charge in [-0.3, -0.25) is 0 Å². The summed E-state index contributed by atoms with van der Waals surface area (Å²) in [5, 5.41) is 1.32. The maximum Gasteiger partial charge on any atom is 0.0816 e. The van der Waals surface area contributed by atoms with E-state index in [0.717, 1.165) is 6.61 Å². The molecule has 0 N–H and O–H groups in total. The highest BCUT2D eigenvalue weighted by Crippen LogP contribution is 2.42. The molecule has 20 heavy (non-hydrogen) atoms. The second kappa shape index (κ2) is 5.78. The molecule has 0 saturated carbocycles. The van der Waals surface area contributed by atoms with Gasteiger partial charge in [-0.05, 0) is 30.9 Å². The number of ether oxygens (including phenoxy) is 1. The van der Waals surface area contributed by atoms with Gasteiger partial charge < -0.3 is 4.74 Å². The maximum absolute atomic E-state index is 5.86. The predicted octanol–water partition coefficient (Wildman–Crippen LogP) is 5.67. The van der Waals surface area contributed by atoms with Gasteiger partial charge in [0.05, 0.1) is 6.10 Å². The number of hydrogen-bond acceptors (Lipinski definition) is 2. The summed E-state index contributed by atoms with van der Waals surface area (Å²) in [6.45, 7) is 4.93. The predicted molar refractivity (Wildman–Crippen MR) is 87.3 cm³/mol. The molecule has 1 aromatic heterocycles. The Balaban J connectivity index is 2.23. The SMILES string of the molecule is CCOC(C)c1c(-c2ccccc2)sc2ccccc12. The highest BCUT2D eigenvalue weighted by molar-refractivity contribution is 7.22. The molecule has 0 spiro atoms. The molecular weight excluding hydrogens is 264 g/mol. The van der Waals surface area contributed by atoms with Crippen LogP contribution < -0.4 is 0 Å². The summed E-state index contributed by atoms with van der Waals surface area (Å²) in [7, 11) is 0. The Morgan fingerprint density at radius 1 is 1.00 bits per heavy atom. The molecule has 0 fully saturated rings. The second-order valence-corrected chi connectivity index (χ2v) is 5.86. The molecule has 0 bridgehead atoms. The lowest BCUT2D eigenvalue weighted by atomic mass is 10.0. The third kappa shape index (κ3) is 2.37. The quantitative estimate of drug-likeness (QED) is 0.599. The molecule has 3 rings (SSSR count). The van der Waals surface area contributed by atoms with Crippen LogP contribution in [0.5, 0.6) is 0 Å². The Kier molecular flexibility index (Phi) is 3.86. The molecule has 2 heteroatoms. The zero-order valence-corrected chi connectivity index (χ0v) is 12.6. The van der Waals surface area contributed by atoms with E-state index in [-0.39, 0.29) is 6.10 Å². The van der Waals surface area contributed by atoms with E-state index in [1.165, 1.54) is 26.1 Å². The minimum absolute atomic E-state index is 0.117. The van der Waals surface area contributed by atoms with Crippen LogP contribution in [0, 0.1) is 0 Å². The lowest BCUT2D eigenvalue weighted by molar-refractivity contribution is 0.0780. The molecular formula is C18H18OS. The van der Waals surface area contributed by atoms with Gasteiger partial charge in [0, 0.05) is 21.7 Å². The monoisotopic (exact) mass is 282 g/mol. The van der Waals surface area contributed by atoms with Crippen LogP contribution in [-0.2, 0) is 4.74 Å². The van der Waals surface area contributed by atoms with Crippen LogP contribution in [0.15, 0.2) is 54.6 Å². The summed E-state index contributed by atoms with van der Waals surface area (Å²) >= 11 is 1.85. The average Bonchev–Trinajstić information content (AvgIpc) is 2.88. The Bertz CT molecular complexity index is 700. The molecule has 0 aliphatic heterocycles. The molecule has 1 atom stereocenters. The summed E-state index contributed by atoms with van der Waals surface area (Å²) in [5.74, 6) is 0. The second-order valence-electron chi connectivity index (χ2n) is 4.80. The topological polar surface area (TPSA) is 9.23 Å². The molecule has 1 nitrogen and oxygen atoms in total. The van der Waals surface area contributed by atoms with Gasteiger partial charge in [0.2, 0.25) is 0 Å². The van der Waals surface area contributed by atoms with E-state index in [2.05, 4.69) is 61.5 Å². The van der Waals surface area contributed by atoms with Gasteiger partial charge in [0.25, 0.3) is 0 Å². The zero-order valence-electron chi connectivity index (χ0n) is 11.8. The first kappa shape index (κ1) is 13.3. The number of thiophene rings is 1. The molecule has 0 radical (unpaired) electrons. The molecule has 0 amide bonds. The molecule has 1 heterocycles. The Morgan fingerprint density at radius 3 is 2.45 bits per heavy atom. The lowest BCUT2D eigenvalue weighted by Gasteiger charge is -2.14. The van der Waals surface area contributed by atoms with Crippen LogP contribution in [0.25, 0.3) is 20.5 Å². The first-order chi connectivity index (χ1) is 9.81. The number of benzene rings is 2. The summed E-state index contributed by atoms with van der Waals surface area (Å²) in [6.07, 6.45) is 0.117. The third-order valence-electron chi connectivity index (χ3n) is 3.49. The van der Waals surface area contributed by atoms with E-state index in [9.17, 15) is 0 Å². The fourth-order valence-corrected chi connectivity index (χ4v) is 3.90. The maximum atomic E-state index is 5.86. The van der Waals surface area contributed by atoms with Crippen molar-refractivity contribution in [2.75, 3.05) is 6.61 Å². The summed E-state index contributed by atoms with van der Waals surface area (Å²) in [4.78, 5) is 1.33. The molecule has 2 aromatic carbocycles. The van der Waals surface area contributed by atoms with E-state index in [0.29, 0.717) is 0 Å². The van der Waals surface area contributed by atoms with Gasteiger partial charge >= 0.3 is 0 Å². The fourth-order valence-electron chi connectivity index (χ4n) is 2.61. The van der Waals surface area contributed by atoms with Gasteiger partial charge in [-0.15, -0.1) is 11.3 Å². The minimum Gasteiger partial charge on any atom is -0.374 e. The molecule has 102 valence electrons. The van der Waals surface area contributed by atoms with Crippen LogP contribution in [0.4, 0.5) is 0 Å². The minimum atomic E-state index is 0.117. The first-order valence-electron chi connectivity index (χ1n) is 6.99. The van der Waals surface area contributed by atoms with Crippen LogP contribution in [0.3, 0.4) is 0 Å². The molecule has 0 aliphatic carbocycles. The third-order valence-corrected chi connectivity index (χ3v) is 4.73. The normalized spacial score (nSPS) is 12.7. The van der Waals surface area contributed by atoms with Crippen LogP contribution in [0.2, 0.25) is 0 Å².